The van der Waals surface area contributed by atoms with E-state index in [9.17, 15) is 21.9 Å². The van der Waals surface area contributed by atoms with Crippen LogP contribution in [0.25, 0.3) is 0 Å². The van der Waals surface area contributed by atoms with Crippen molar-refractivity contribution in [1.29, 1.82) is 0 Å². The van der Waals surface area contributed by atoms with Gasteiger partial charge in [0.15, 0.2) is 0 Å². The van der Waals surface area contributed by atoms with E-state index in [4.69, 9.17) is 10.2 Å². The lowest BCUT2D eigenvalue weighted by Crippen LogP contribution is -2.53. The normalized spacial score (nSPS) is 26.8. The van der Waals surface area contributed by atoms with E-state index < -0.39 is 45.9 Å². The summed E-state index contributed by atoms with van der Waals surface area (Å²) in [6.45, 7) is -1.98. The highest BCUT2D eigenvalue weighted by atomic mass is 32.3. The number of hydrogen-bond acceptors (Lipinski definition) is 10. The predicted octanol–water partition coefficient (Wildman–Crippen LogP) is -3.21. The number of aliphatic hydroxyl groups excluding tert-OH is 2. The molecule has 1 saturated heterocycles. The summed E-state index contributed by atoms with van der Waals surface area (Å²) < 4.78 is 54.2. The average Bonchev–Trinajstić information content (AvgIpc) is 1.97. The van der Waals surface area contributed by atoms with Gasteiger partial charge in [0.1, 0.15) is 0 Å². The Morgan fingerprint density at radius 2 is 1.38 bits per heavy atom. The summed E-state index contributed by atoms with van der Waals surface area (Å²) in [7, 11) is -10.1. The van der Waals surface area contributed by atoms with Crippen LogP contribution in [0.2, 0.25) is 0 Å². The van der Waals surface area contributed by atoms with E-state index in [1.54, 1.807) is 0 Å². The third kappa shape index (κ3) is 2.86. The van der Waals surface area contributed by atoms with Gasteiger partial charge in [0.05, 0.1) is 19.1 Å². The lowest BCUT2D eigenvalue weighted by atomic mass is 10.1. The molecule has 0 atom stereocenters. The van der Waals surface area contributed by atoms with E-state index in [-0.39, 0.29) is 0 Å². The van der Waals surface area contributed by atoms with Gasteiger partial charge in [0.25, 0.3) is 0 Å². The van der Waals surface area contributed by atoms with Gasteiger partial charge in [-0.2, -0.15) is 25.2 Å². The topological polar surface area (TPSA) is 157 Å². The molecule has 1 rings (SSSR count). The average molecular weight is 280 g/mol. The summed E-state index contributed by atoms with van der Waals surface area (Å²) in [4.78, 5) is 0. The van der Waals surface area contributed by atoms with Crippen LogP contribution in [0.4, 0.5) is 0 Å². The molecule has 0 spiro atoms. The molecule has 1 aliphatic rings. The Kier molecular flexibility index (Phi) is 3.56. The Morgan fingerprint density at radius 3 is 1.69 bits per heavy atom. The minimum absolute atomic E-state index is 0.988. The van der Waals surface area contributed by atoms with E-state index in [0.717, 1.165) is 0 Å². The fraction of sp³-hybridized carbons (Fsp3) is 1.00. The zero-order chi connectivity index (χ0) is 12.6. The Labute approximate surface area is 90.6 Å². The molecule has 1 heterocycles. The molecule has 1 fully saturated rings. The van der Waals surface area contributed by atoms with Crippen LogP contribution in [0.3, 0.4) is 0 Å². The second-order valence-corrected chi connectivity index (χ2v) is 5.25. The maximum atomic E-state index is 10.8. The maximum absolute atomic E-state index is 10.8. The summed E-state index contributed by atoms with van der Waals surface area (Å²) in [6.07, 6.45) is 0. The molecule has 96 valence electrons. The molecule has 0 unspecified atom stereocenters. The van der Waals surface area contributed by atoms with Crippen molar-refractivity contribution < 1.29 is 44.2 Å². The molecule has 0 radical (unpaired) electrons. The first kappa shape index (κ1) is 13.7. The molecular formula is C4H8O10S2. The summed E-state index contributed by atoms with van der Waals surface area (Å²) in [5.41, 5.74) is 0. The van der Waals surface area contributed by atoms with Crippen molar-refractivity contribution in [3.63, 3.8) is 0 Å². The number of rotatable bonds is 3. The molecular weight excluding hydrogens is 272 g/mol. The van der Waals surface area contributed by atoms with Crippen LogP contribution in [-0.4, -0.2) is 51.3 Å². The highest BCUT2D eigenvalue weighted by molar-refractivity contribution is 7.95. The second kappa shape index (κ2) is 4.15. The van der Waals surface area contributed by atoms with Crippen molar-refractivity contribution >= 4 is 20.8 Å². The fourth-order valence-corrected chi connectivity index (χ4v) is 2.87. The minimum atomic E-state index is -5.05. The molecule has 12 heteroatoms. The fourth-order valence-electron chi connectivity index (χ4n) is 0.861. The molecule has 0 aromatic rings. The molecule has 16 heavy (non-hydrogen) atoms. The summed E-state index contributed by atoms with van der Waals surface area (Å²) in [5, 5.41) is 26.7. The van der Waals surface area contributed by atoms with E-state index >= 15 is 0 Å². The SMILES string of the molecule is O=S1(=O)OC(O)(C(CO)CO)OS(=O)(=O)O1. The van der Waals surface area contributed by atoms with Crippen LogP contribution in [0.5, 0.6) is 0 Å². The standard InChI is InChI=1S/C4H8O10S2/c5-1-3(2-6)4(7)12-15(8,9)14-16(10,11)13-4/h3,5-7H,1-2H2. The monoisotopic (exact) mass is 280 g/mol. The predicted molar refractivity (Wildman–Crippen MR) is 43.7 cm³/mol. The van der Waals surface area contributed by atoms with Gasteiger partial charge in [0, 0.05) is 0 Å². The molecule has 0 aromatic carbocycles. The Morgan fingerprint density at radius 1 is 1.00 bits per heavy atom. The number of hydrogen-bond donors (Lipinski definition) is 3. The summed E-state index contributed by atoms with van der Waals surface area (Å²) >= 11 is 0. The Bertz CT molecular complexity index is 409. The summed E-state index contributed by atoms with van der Waals surface area (Å²) in [5.74, 6) is -4.94. The molecule has 1 aliphatic heterocycles. The van der Waals surface area contributed by atoms with Crippen LogP contribution in [-0.2, 0) is 32.8 Å². The van der Waals surface area contributed by atoms with Gasteiger partial charge in [-0.25, -0.2) is 0 Å². The molecule has 0 bridgehead atoms. The van der Waals surface area contributed by atoms with Crippen LogP contribution < -0.4 is 0 Å². The third-order valence-corrected chi connectivity index (χ3v) is 3.79. The lowest BCUT2D eigenvalue weighted by Gasteiger charge is -2.33. The van der Waals surface area contributed by atoms with Crippen LogP contribution >= 0.6 is 0 Å². The zero-order valence-electron chi connectivity index (χ0n) is 7.51. The Balaban J connectivity index is 3.15. The van der Waals surface area contributed by atoms with Crippen molar-refractivity contribution in [3.8, 4) is 0 Å². The van der Waals surface area contributed by atoms with Crippen LogP contribution in [0.1, 0.15) is 0 Å². The quantitative estimate of drug-likeness (QED) is 0.480. The first-order valence-corrected chi connectivity index (χ1v) is 6.37. The van der Waals surface area contributed by atoms with Crippen molar-refractivity contribution in [2.45, 2.75) is 5.97 Å². The molecule has 3 N–H and O–H groups in total. The van der Waals surface area contributed by atoms with E-state index in [1.807, 2.05) is 0 Å². The van der Waals surface area contributed by atoms with E-state index in [1.165, 1.54) is 0 Å². The molecule has 0 aromatic heterocycles. The molecule has 10 nitrogen and oxygen atoms in total. The second-order valence-electron chi connectivity index (χ2n) is 2.74. The lowest BCUT2D eigenvalue weighted by molar-refractivity contribution is -0.320. The van der Waals surface area contributed by atoms with Gasteiger partial charge >= 0.3 is 26.8 Å². The van der Waals surface area contributed by atoms with Crippen molar-refractivity contribution in [3.05, 3.63) is 0 Å². The van der Waals surface area contributed by atoms with Gasteiger partial charge < -0.3 is 15.3 Å². The smallest absolute Gasteiger partial charge is 0.396 e. The third-order valence-electron chi connectivity index (χ3n) is 1.57. The first-order chi connectivity index (χ1) is 7.14. The van der Waals surface area contributed by atoms with Gasteiger partial charge in [-0.05, 0) is 0 Å². The highest BCUT2D eigenvalue weighted by Crippen LogP contribution is 2.31. The van der Waals surface area contributed by atoms with Gasteiger partial charge in [0.2, 0.25) is 0 Å². The van der Waals surface area contributed by atoms with Crippen molar-refractivity contribution in [2.24, 2.45) is 5.92 Å². The van der Waals surface area contributed by atoms with Crippen molar-refractivity contribution in [2.75, 3.05) is 13.2 Å². The van der Waals surface area contributed by atoms with Gasteiger partial charge in [-0.15, -0.1) is 3.63 Å². The van der Waals surface area contributed by atoms with Gasteiger partial charge in [-0.3, -0.25) is 0 Å². The van der Waals surface area contributed by atoms with Crippen molar-refractivity contribution in [1.82, 2.24) is 0 Å². The number of aliphatic hydroxyl groups is 3. The molecule has 0 amide bonds. The largest absolute Gasteiger partial charge is 0.420 e. The van der Waals surface area contributed by atoms with Crippen LogP contribution in [0, 0.1) is 5.92 Å². The minimum Gasteiger partial charge on any atom is -0.396 e. The molecule has 0 aliphatic carbocycles. The maximum Gasteiger partial charge on any atom is 0.420 e. The van der Waals surface area contributed by atoms with Gasteiger partial charge in [-0.1, -0.05) is 0 Å². The molecule has 0 saturated carbocycles. The van der Waals surface area contributed by atoms with E-state index in [2.05, 4.69) is 12.0 Å². The summed E-state index contributed by atoms with van der Waals surface area (Å²) in [6, 6.07) is 0. The van der Waals surface area contributed by atoms with E-state index in [0.29, 0.717) is 0 Å². The highest BCUT2D eigenvalue weighted by Gasteiger charge is 2.53. The zero-order valence-corrected chi connectivity index (χ0v) is 9.14. The first-order valence-electron chi connectivity index (χ1n) is 3.70. The Hall–Kier alpha value is -0.340. The van der Waals surface area contributed by atoms with Crippen LogP contribution in [0.15, 0.2) is 0 Å².